The maximum Gasteiger partial charge on any atom is 0.330 e. The van der Waals surface area contributed by atoms with Crippen molar-refractivity contribution in [2.75, 3.05) is 20.2 Å². The summed E-state index contributed by atoms with van der Waals surface area (Å²) in [6, 6.07) is -6.07. The third kappa shape index (κ3) is 14.5. The van der Waals surface area contributed by atoms with E-state index in [9.17, 15) is 43.5 Å². The van der Waals surface area contributed by atoms with Gasteiger partial charge in [0.15, 0.2) is 0 Å². The summed E-state index contributed by atoms with van der Waals surface area (Å²) in [7, 11) is 1.23. The number of amides is 5. The summed E-state index contributed by atoms with van der Waals surface area (Å²) in [4.78, 5) is 105. The van der Waals surface area contributed by atoms with Crippen LogP contribution in [0.15, 0.2) is 12.2 Å². The van der Waals surface area contributed by atoms with Crippen molar-refractivity contribution in [3.05, 3.63) is 12.2 Å². The van der Waals surface area contributed by atoms with Crippen LogP contribution in [-0.2, 0) is 43.1 Å². The van der Waals surface area contributed by atoms with Crippen molar-refractivity contribution in [3.8, 4) is 0 Å². The number of carbonyl (C=O) groups excluding carboxylic acids is 7. The van der Waals surface area contributed by atoms with E-state index < -0.39 is 77.7 Å². The first-order valence-corrected chi connectivity index (χ1v) is 18.9. The number of aliphatic carboxylic acids is 1. The average Bonchev–Trinajstić information content (AvgIpc) is 3.80. The maximum absolute atomic E-state index is 13.9. The minimum absolute atomic E-state index is 0.0227. The Kier molecular flexibility index (Phi) is 19.2. The van der Waals surface area contributed by atoms with E-state index in [1.807, 2.05) is 27.7 Å². The predicted molar refractivity (Wildman–Crippen MR) is 195 cm³/mol. The number of carboxylic acid groups (broad SMARTS) is 1. The Morgan fingerprint density at radius 2 is 1.57 bits per heavy atom. The van der Waals surface area contributed by atoms with Crippen molar-refractivity contribution in [1.29, 1.82) is 0 Å². The molecule has 16 heteroatoms. The number of carboxylic acids is 1. The molecule has 16 nitrogen and oxygen atoms in total. The summed E-state index contributed by atoms with van der Waals surface area (Å²) in [6.45, 7) is 9.82. The number of hydrogen-bond donors (Lipinski definition) is 6. The highest BCUT2D eigenvalue weighted by Gasteiger charge is 2.39. The molecule has 0 aromatic heterocycles. The Balaban J connectivity index is 2.28. The number of esters is 1. The van der Waals surface area contributed by atoms with Crippen molar-refractivity contribution in [1.82, 2.24) is 31.5 Å². The van der Waals surface area contributed by atoms with Gasteiger partial charge in [0, 0.05) is 19.0 Å². The van der Waals surface area contributed by atoms with Crippen LogP contribution in [0.25, 0.3) is 0 Å². The van der Waals surface area contributed by atoms with Gasteiger partial charge in [-0.3, -0.25) is 34.1 Å². The smallest absolute Gasteiger partial charge is 0.330 e. The highest BCUT2D eigenvalue weighted by Crippen LogP contribution is 2.21. The first-order valence-electron chi connectivity index (χ1n) is 18.9. The molecule has 2 fully saturated rings. The highest BCUT2D eigenvalue weighted by atomic mass is 16.5. The Bertz CT molecular complexity index is 1340. The molecule has 0 bridgehead atoms. The van der Waals surface area contributed by atoms with Crippen LogP contribution in [-0.4, -0.2) is 114 Å². The van der Waals surface area contributed by atoms with E-state index in [1.54, 1.807) is 6.92 Å². The molecular formula is C37H60N6O10. The Morgan fingerprint density at radius 3 is 2.15 bits per heavy atom. The first kappa shape index (κ1) is 44.8. The third-order valence-corrected chi connectivity index (χ3v) is 9.74. The van der Waals surface area contributed by atoms with Crippen LogP contribution in [0.2, 0.25) is 0 Å². The molecule has 0 aliphatic carbocycles. The normalized spacial score (nSPS) is 20.0. The minimum Gasteiger partial charge on any atom is -0.480 e. The van der Waals surface area contributed by atoms with Gasteiger partial charge in [-0.2, -0.15) is 0 Å². The monoisotopic (exact) mass is 748 g/mol. The van der Waals surface area contributed by atoms with Crippen molar-refractivity contribution in [2.45, 2.75) is 141 Å². The largest absolute Gasteiger partial charge is 0.480 e. The molecule has 0 aromatic carbocycles. The number of Topliss-reactive ketones (excluding diaryl/α,β-unsaturated/α-hetero) is 1. The van der Waals surface area contributed by atoms with Crippen LogP contribution in [0.1, 0.15) is 105 Å². The molecule has 7 atom stereocenters. The number of nitrogens with one attached hydrogen (secondary N) is 5. The van der Waals surface area contributed by atoms with Crippen molar-refractivity contribution >= 4 is 47.3 Å². The SMILES string of the molecule is CCCC[C@H](NC(=O)[C@H](CC/C=C/C(=O)OC)NC(=O)[C@@H]1CC(=O)CN1)C(=O)N[C@H](C(=O)N[C@@H](CCC(C)C)C(=O)N1CCC[C@H]1C(=O)O)C(C)CC. The summed E-state index contributed by atoms with van der Waals surface area (Å²) in [6.07, 6.45) is 6.66. The second-order valence-electron chi connectivity index (χ2n) is 14.4. The van der Waals surface area contributed by atoms with Crippen LogP contribution in [0.3, 0.4) is 0 Å². The van der Waals surface area contributed by atoms with Gasteiger partial charge in [-0.1, -0.05) is 60.0 Å². The molecule has 2 aliphatic heterocycles. The minimum atomic E-state index is -1.12. The quantitative estimate of drug-likeness (QED) is 0.0679. The summed E-state index contributed by atoms with van der Waals surface area (Å²) < 4.78 is 4.60. The number of ketones is 1. The molecule has 298 valence electrons. The van der Waals surface area contributed by atoms with E-state index in [1.165, 1.54) is 24.2 Å². The summed E-state index contributed by atoms with van der Waals surface area (Å²) >= 11 is 0. The van der Waals surface area contributed by atoms with Crippen LogP contribution in [0, 0.1) is 11.8 Å². The van der Waals surface area contributed by atoms with Crippen LogP contribution >= 0.6 is 0 Å². The fraction of sp³-hybridized carbons (Fsp3) is 0.730. The fourth-order valence-corrected chi connectivity index (χ4v) is 6.26. The summed E-state index contributed by atoms with van der Waals surface area (Å²) in [5.74, 6) is -4.90. The molecule has 0 aromatic rings. The van der Waals surface area contributed by atoms with Gasteiger partial charge in [-0.15, -0.1) is 0 Å². The van der Waals surface area contributed by atoms with Crippen molar-refractivity contribution < 1.29 is 48.2 Å². The Hall–Kier alpha value is -4.34. The number of nitrogens with zero attached hydrogens (tertiary/aromatic N) is 1. The molecule has 1 unspecified atom stereocenters. The van der Waals surface area contributed by atoms with Gasteiger partial charge in [-0.25, -0.2) is 9.59 Å². The molecule has 53 heavy (non-hydrogen) atoms. The first-order chi connectivity index (χ1) is 25.1. The zero-order chi connectivity index (χ0) is 39.7. The van der Waals surface area contributed by atoms with Gasteiger partial charge in [0.25, 0.3) is 0 Å². The van der Waals surface area contributed by atoms with Crippen LogP contribution in [0.4, 0.5) is 0 Å². The van der Waals surface area contributed by atoms with E-state index in [0.717, 1.165) is 0 Å². The van der Waals surface area contributed by atoms with Crippen molar-refractivity contribution in [3.63, 3.8) is 0 Å². The van der Waals surface area contributed by atoms with Crippen LogP contribution < -0.4 is 26.6 Å². The zero-order valence-corrected chi connectivity index (χ0v) is 32.0. The molecule has 2 aliphatic rings. The molecule has 0 spiro atoms. The number of carbonyl (C=O) groups is 8. The predicted octanol–water partition coefficient (Wildman–Crippen LogP) is 1.11. The second kappa shape index (κ2) is 22.7. The topological polar surface area (TPSA) is 229 Å². The standard InChI is InChI=1S/C37H60N6O10/c1-7-9-13-25(39-32(46)26(14-10-11-16-30(45)53-6)40-34(48)28-20-24(44)21-38-28)33(47)42-31(23(5)8-2)35(49)41-27(18-17-22(3)4)36(50)43-19-12-15-29(43)37(51)52/h11,16,22-23,25-29,31,38H,7-10,12-15,17-21H2,1-6H3,(H,39,46)(H,40,48)(H,41,49)(H,42,47)(H,51,52)/b16-11+/t23?,25-,26-,27-,28-,29-,31-/m0/s1. The van der Waals surface area contributed by atoms with Crippen molar-refractivity contribution in [2.24, 2.45) is 11.8 Å². The van der Waals surface area contributed by atoms with E-state index in [2.05, 4.69) is 31.3 Å². The van der Waals surface area contributed by atoms with E-state index in [-0.39, 0.29) is 62.8 Å². The molecule has 6 N–H and O–H groups in total. The lowest BCUT2D eigenvalue weighted by molar-refractivity contribution is -0.149. The van der Waals surface area contributed by atoms with E-state index >= 15 is 0 Å². The molecule has 2 rings (SSSR count). The van der Waals surface area contributed by atoms with Gasteiger partial charge in [0.2, 0.25) is 29.5 Å². The van der Waals surface area contributed by atoms with Crippen LogP contribution in [0.5, 0.6) is 0 Å². The van der Waals surface area contributed by atoms with Gasteiger partial charge < -0.3 is 36.0 Å². The average molecular weight is 749 g/mol. The fourth-order valence-electron chi connectivity index (χ4n) is 6.26. The summed E-state index contributed by atoms with van der Waals surface area (Å²) in [5, 5.41) is 23.5. The van der Waals surface area contributed by atoms with E-state index in [4.69, 9.17) is 0 Å². The Labute approximate surface area is 312 Å². The molecule has 0 saturated carbocycles. The maximum atomic E-state index is 13.9. The molecule has 2 heterocycles. The lowest BCUT2D eigenvalue weighted by Crippen LogP contribution is -2.60. The number of methoxy groups -OCH3 is 1. The molecule has 0 radical (unpaired) electrons. The van der Waals surface area contributed by atoms with Gasteiger partial charge in [0.1, 0.15) is 36.0 Å². The number of allylic oxidation sites excluding steroid dienone is 1. The summed E-state index contributed by atoms with van der Waals surface area (Å²) in [5.41, 5.74) is 0. The van der Waals surface area contributed by atoms with Gasteiger partial charge >= 0.3 is 11.9 Å². The third-order valence-electron chi connectivity index (χ3n) is 9.74. The van der Waals surface area contributed by atoms with Gasteiger partial charge in [-0.05, 0) is 56.8 Å². The molecule has 2 saturated heterocycles. The molecule has 5 amide bonds. The number of hydrogen-bond acceptors (Lipinski definition) is 10. The Morgan fingerprint density at radius 1 is 0.906 bits per heavy atom. The molecular weight excluding hydrogens is 688 g/mol. The second-order valence-corrected chi connectivity index (χ2v) is 14.4. The number of ether oxygens (including phenoxy) is 1. The number of unbranched alkanes of at least 4 members (excludes halogenated alkanes) is 1. The van der Waals surface area contributed by atoms with Gasteiger partial charge in [0.05, 0.1) is 19.7 Å². The number of rotatable bonds is 22. The zero-order valence-electron chi connectivity index (χ0n) is 32.0. The highest BCUT2D eigenvalue weighted by molar-refractivity contribution is 5.98. The van der Waals surface area contributed by atoms with E-state index in [0.29, 0.717) is 38.5 Å². The lowest BCUT2D eigenvalue weighted by atomic mass is 9.96. The lowest BCUT2D eigenvalue weighted by Gasteiger charge is -2.31. The number of likely N-dealkylation sites (tertiary alicyclic amines) is 1.